The van der Waals surface area contributed by atoms with Crippen molar-refractivity contribution in [2.24, 2.45) is 11.8 Å². The lowest BCUT2D eigenvalue weighted by atomic mass is 9.95. The highest BCUT2D eigenvalue weighted by Crippen LogP contribution is 2.46. The fourth-order valence-electron chi connectivity index (χ4n) is 3.71. The van der Waals surface area contributed by atoms with Gasteiger partial charge in [-0.3, -0.25) is 9.59 Å². The summed E-state index contributed by atoms with van der Waals surface area (Å²) in [4.78, 5) is 26.8. The maximum atomic E-state index is 13.5. The molecule has 4 nitrogen and oxygen atoms in total. The third-order valence-electron chi connectivity index (χ3n) is 5.52. The Balaban J connectivity index is 1.41. The first kappa shape index (κ1) is 15.6. The van der Waals surface area contributed by atoms with Gasteiger partial charge in [0.25, 0.3) is 0 Å². The fraction of sp³-hybridized carbons (Fsp3) is 0.579. The van der Waals surface area contributed by atoms with Crippen LogP contribution in [-0.2, 0) is 15.1 Å². The van der Waals surface area contributed by atoms with Gasteiger partial charge in [0.15, 0.2) is 0 Å². The van der Waals surface area contributed by atoms with Crippen LogP contribution in [0.5, 0.6) is 0 Å². The normalized spacial score (nSPS) is 25.2. The standard InChI is InChI=1S/C19H23FN2O2/c20-16-5-1-4-15(11-16)19(8-9-19)21-17(23)14-3-2-10-22(12-14)18(24)13-6-7-13/h1,4-5,11,13-14H,2-3,6-10,12H2,(H,21,23). The molecule has 3 fully saturated rings. The molecule has 1 aromatic rings. The van der Waals surface area contributed by atoms with E-state index in [4.69, 9.17) is 0 Å². The lowest BCUT2D eigenvalue weighted by molar-refractivity contribution is -0.137. The number of amides is 2. The maximum absolute atomic E-state index is 13.5. The molecule has 0 aromatic heterocycles. The van der Waals surface area contributed by atoms with Gasteiger partial charge in [-0.1, -0.05) is 12.1 Å². The van der Waals surface area contributed by atoms with E-state index in [0.29, 0.717) is 6.54 Å². The molecule has 0 radical (unpaired) electrons. The summed E-state index contributed by atoms with van der Waals surface area (Å²) in [5, 5.41) is 3.14. The van der Waals surface area contributed by atoms with Crippen LogP contribution >= 0.6 is 0 Å². The summed E-state index contributed by atoms with van der Waals surface area (Å²) < 4.78 is 13.5. The van der Waals surface area contributed by atoms with Gasteiger partial charge in [-0.2, -0.15) is 0 Å². The van der Waals surface area contributed by atoms with Crippen LogP contribution in [0, 0.1) is 17.7 Å². The Bertz CT molecular complexity index is 667. The van der Waals surface area contributed by atoms with Gasteiger partial charge in [0.1, 0.15) is 5.82 Å². The van der Waals surface area contributed by atoms with Gasteiger partial charge in [0, 0.05) is 19.0 Å². The molecule has 1 saturated heterocycles. The molecule has 4 rings (SSSR count). The number of benzene rings is 1. The highest BCUT2D eigenvalue weighted by molar-refractivity contribution is 5.84. The molecule has 24 heavy (non-hydrogen) atoms. The summed E-state index contributed by atoms with van der Waals surface area (Å²) in [6, 6.07) is 6.49. The highest BCUT2D eigenvalue weighted by Gasteiger charge is 2.47. The van der Waals surface area contributed by atoms with E-state index >= 15 is 0 Å². The SMILES string of the molecule is O=C(NC1(c2cccc(F)c2)CC1)C1CCCN(C(=O)C2CC2)C1. The Morgan fingerprint density at radius 2 is 1.96 bits per heavy atom. The molecule has 2 amide bonds. The molecule has 1 aromatic carbocycles. The number of halogens is 1. The average molecular weight is 330 g/mol. The number of hydrogen-bond acceptors (Lipinski definition) is 2. The van der Waals surface area contributed by atoms with Crippen molar-refractivity contribution in [3.63, 3.8) is 0 Å². The summed E-state index contributed by atoms with van der Waals surface area (Å²) in [7, 11) is 0. The van der Waals surface area contributed by atoms with Gasteiger partial charge in [-0.15, -0.1) is 0 Å². The Labute approximate surface area is 141 Å². The van der Waals surface area contributed by atoms with Crippen molar-refractivity contribution in [1.29, 1.82) is 0 Å². The molecule has 1 N–H and O–H groups in total. The average Bonchev–Trinajstić information content (AvgIpc) is 3.49. The number of rotatable bonds is 4. The summed E-state index contributed by atoms with van der Waals surface area (Å²) in [6.45, 7) is 1.30. The van der Waals surface area contributed by atoms with E-state index in [0.717, 1.165) is 50.6 Å². The molecule has 128 valence electrons. The number of carbonyl (C=O) groups is 2. The van der Waals surface area contributed by atoms with Crippen LogP contribution in [0.2, 0.25) is 0 Å². The number of hydrogen-bond donors (Lipinski definition) is 1. The second-order valence-corrected chi connectivity index (χ2v) is 7.48. The van der Waals surface area contributed by atoms with Crippen LogP contribution < -0.4 is 5.32 Å². The zero-order valence-electron chi connectivity index (χ0n) is 13.8. The number of nitrogens with zero attached hydrogens (tertiary/aromatic N) is 1. The largest absolute Gasteiger partial charge is 0.346 e. The minimum Gasteiger partial charge on any atom is -0.346 e. The Morgan fingerprint density at radius 3 is 2.62 bits per heavy atom. The Morgan fingerprint density at radius 1 is 1.17 bits per heavy atom. The molecule has 1 unspecified atom stereocenters. The summed E-state index contributed by atoms with van der Waals surface area (Å²) in [5.74, 6) is 0.0112. The molecular weight excluding hydrogens is 307 g/mol. The van der Waals surface area contributed by atoms with Crippen molar-refractivity contribution in [3.8, 4) is 0 Å². The van der Waals surface area contributed by atoms with Crippen molar-refractivity contribution in [3.05, 3.63) is 35.6 Å². The van der Waals surface area contributed by atoms with E-state index in [-0.39, 0.29) is 29.5 Å². The van der Waals surface area contributed by atoms with Gasteiger partial charge in [-0.05, 0) is 56.2 Å². The molecule has 0 spiro atoms. The minimum absolute atomic E-state index is 0.00468. The Kier molecular flexibility index (Phi) is 3.82. The molecule has 5 heteroatoms. The van der Waals surface area contributed by atoms with Crippen LogP contribution in [-0.4, -0.2) is 29.8 Å². The zero-order chi connectivity index (χ0) is 16.7. The second-order valence-electron chi connectivity index (χ2n) is 7.48. The molecular formula is C19H23FN2O2. The van der Waals surface area contributed by atoms with Crippen LogP contribution in [0.15, 0.2) is 24.3 Å². The summed E-state index contributed by atoms with van der Waals surface area (Å²) in [6.07, 6.45) is 5.38. The fourth-order valence-corrected chi connectivity index (χ4v) is 3.71. The predicted octanol–water partition coefficient (Wildman–Crippen LogP) is 2.58. The second kappa shape index (κ2) is 5.87. The summed E-state index contributed by atoms with van der Waals surface area (Å²) >= 11 is 0. The quantitative estimate of drug-likeness (QED) is 0.922. The van der Waals surface area contributed by atoms with E-state index in [2.05, 4.69) is 5.32 Å². The van der Waals surface area contributed by atoms with E-state index in [9.17, 15) is 14.0 Å². The van der Waals surface area contributed by atoms with Crippen molar-refractivity contribution in [2.45, 2.75) is 44.1 Å². The van der Waals surface area contributed by atoms with Crippen molar-refractivity contribution in [2.75, 3.05) is 13.1 Å². The molecule has 2 saturated carbocycles. The molecule has 1 heterocycles. The number of likely N-dealkylation sites (tertiary alicyclic amines) is 1. The van der Waals surface area contributed by atoms with Crippen molar-refractivity contribution >= 4 is 11.8 Å². The Hall–Kier alpha value is -1.91. The van der Waals surface area contributed by atoms with Gasteiger partial charge >= 0.3 is 0 Å². The maximum Gasteiger partial charge on any atom is 0.225 e. The number of piperidine rings is 1. The van der Waals surface area contributed by atoms with Crippen LogP contribution in [0.4, 0.5) is 4.39 Å². The monoisotopic (exact) mass is 330 g/mol. The van der Waals surface area contributed by atoms with Crippen LogP contribution in [0.1, 0.15) is 44.1 Å². The lowest BCUT2D eigenvalue weighted by Gasteiger charge is -2.33. The first-order valence-corrected chi connectivity index (χ1v) is 8.94. The van der Waals surface area contributed by atoms with Crippen LogP contribution in [0.3, 0.4) is 0 Å². The molecule has 3 aliphatic rings. The topological polar surface area (TPSA) is 49.4 Å². The van der Waals surface area contributed by atoms with E-state index in [1.54, 1.807) is 6.07 Å². The number of carbonyl (C=O) groups excluding carboxylic acids is 2. The van der Waals surface area contributed by atoms with Crippen molar-refractivity contribution < 1.29 is 14.0 Å². The lowest BCUT2D eigenvalue weighted by Crippen LogP contribution is -2.48. The molecule has 2 aliphatic carbocycles. The third-order valence-corrected chi connectivity index (χ3v) is 5.52. The van der Waals surface area contributed by atoms with Crippen LogP contribution in [0.25, 0.3) is 0 Å². The first-order valence-electron chi connectivity index (χ1n) is 8.94. The van der Waals surface area contributed by atoms with Gasteiger partial charge < -0.3 is 10.2 Å². The van der Waals surface area contributed by atoms with Gasteiger partial charge in [0.2, 0.25) is 11.8 Å². The van der Waals surface area contributed by atoms with Crippen molar-refractivity contribution in [1.82, 2.24) is 10.2 Å². The van der Waals surface area contributed by atoms with E-state index in [1.165, 1.54) is 12.1 Å². The third kappa shape index (κ3) is 3.04. The zero-order valence-corrected chi connectivity index (χ0v) is 13.8. The molecule has 1 aliphatic heterocycles. The number of nitrogens with one attached hydrogen (secondary N) is 1. The smallest absolute Gasteiger partial charge is 0.225 e. The molecule has 0 bridgehead atoms. The predicted molar refractivity (Wildman–Crippen MR) is 87.5 cm³/mol. The minimum atomic E-state index is -0.401. The summed E-state index contributed by atoms with van der Waals surface area (Å²) in [5.41, 5.74) is 0.444. The van der Waals surface area contributed by atoms with Gasteiger partial charge in [-0.25, -0.2) is 4.39 Å². The highest BCUT2D eigenvalue weighted by atomic mass is 19.1. The van der Waals surface area contributed by atoms with E-state index in [1.807, 2.05) is 11.0 Å². The van der Waals surface area contributed by atoms with E-state index < -0.39 is 5.54 Å². The first-order chi connectivity index (χ1) is 11.6. The van der Waals surface area contributed by atoms with Gasteiger partial charge in [0.05, 0.1) is 11.5 Å². The molecule has 1 atom stereocenters.